The van der Waals surface area contributed by atoms with Gasteiger partial charge in [0.05, 0.1) is 12.3 Å². The van der Waals surface area contributed by atoms with Crippen LogP contribution < -0.4 is 5.32 Å². The maximum absolute atomic E-state index is 12.1. The van der Waals surface area contributed by atoms with E-state index in [1.807, 2.05) is 20.8 Å². The molecule has 21 heavy (non-hydrogen) atoms. The number of likely N-dealkylation sites (N-methyl/N-ethyl adjacent to an activating group) is 1. The lowest BCUT2D eigenvalue weighted by atomic mass is 9.94. The lowest BCUT2D eigenvalue weighted by Crippen LogP contribution is -2.55. The predicted molar refractivity (Wildman–Crippen MR) is 74.9 cm³/mol. The van der Waals surface area contributed by atoms with Crippen molar-refractivity contribution in [2.45, 2.75) is 32.3 Å². The summed E-state index contributed by atoms with van der Waals surface area (Å²) in [5.41, 5.74) is -0.181. The van der Waals surface area contributed by atoms with Crippen LogP contribution in [0, 0.1) is 0 Å². The maximum atomic E-state index is 12.1. The highest BCUT2D eigenvalue weighted by Gasteiger charge is 2.35. The van der Waals surface area contributed by atoms with Gasteiger partial charge in [-0.2, -0.15) is 0 Å². The Kier molecular flexibility index (Phi) is 4.32. The zero-order chi connectivity index (χ0) is 15.6. The fourth-order valence-corrected chi connectivity index (χ4v) is 1.83. The minimum atomic E-state index is -0.245. The molecule has 2 amide bonds. The first kappa shape index (κ1) is 15.5. The van der Waals surface area contributed by atoms with Gasteiger partial charge in [0.15, 0.2) is 0 Å². The summed E-state index contributed by atoms with van der Waals surface area (Å²) in [6.07, 6.45) is 1.48. The first-order chi connectivity index (χ1) is 9.81. The van der Waals surface area contributed by atoms with E-state index in [2.05, 4.69) is 10.3 Å². The summed E-state index contributed by atoms with van der Waals surface area (Å²) >= 11 is 0. The molecule has 0 unspecified atom stereocenters. The number of hydrogen-bond donors (Lipinski definition) is 1. The standard InChI is InChI=1S/C14H21N3O4/c1-14(2,3)10-5-16-12(21-10)13(19)17-6-9(7-17)20-8-11(18)15-4/h5,9H,6-8H2,1-4H3,(H,15,18). The van der Waals surface area contributed by atoms with Crippen LogP contribution in [0.3, 0.4) is 0 Å². The fourth-order valence-electron chi connectivity index (χ4n) is 1.83. The van der Waals surface area contributed by atoms with Crippen molar-refractivity contribution in [2.24, 2.45) is 0 Å². The molecule has 0 atom stereocenters. The molecule has 0 aliphatic carbocycles. The number of likely N-dealkylation sites (tertiary alicyclic amines) is 1. The molecule has 0 radical (unpaired) electrons. The largest absolute Gasteiger partial charge is 0.437 e. The first-order valence-corrected chi connectivity index (χ1v) is 6.89. The second kappa shape index (κ2) is 5.85. The third-order valence-electron chi connectivity index (χ3n) is 3.29. The van der Waals surface area contributed by atoms with E-state index < -0.39 is 0 Å². The van der Waals surface area contributed by atoms with Gasteiger partial charge >= 0.3 is 5.91 Å². The van der Waals surface area contributed by atoms with Gasteiger partial charge in [-0.25, -0.2) is 4.98 Å². The minimum absolute atomic E-state index is 0.0103. The molecule has 0 saturated carbocycles. The topological polar surface area (TPSA) is 84.7 Å². The average molecular weight is 295 g/mol. The molecule has 7 nitrogen and oxygen atoms in total. The van der Waals surface area contributed by atoms with E-state index in [1.165, 1.54) is 0 Å². The fraction of sp³-hybridized carbons (Fsp3) is 0.643. The molecule has 7 heteroatoms. The van der Waals surface area contributed by atoms with Gasteiger partial charge < -0.3 is 19.4 Å². The van der Waals surface area contributed by atoms with Crippen LogP contribution in [0.1, 0.15) is 37.2 Å². The Morgan fingerprint density at radius 2 is 2.14 bits per heavy atom. The predicted octanol–water partition coefficient (Wildman–Crippen LogP) is 0.559. The number of carbonyl (C=O) groups excluding carboxylic acids is 2. The smallest absolute Gasteiger partial charge is 0.309 e. The van der Waals surface area contributed by atoms with Crippen molar-refractivity contribution in [2.75, 3.05) is 26.7 Å². The van der Waals surface area contributed by atoms with E-state index in [0.717, 1.165) is 0 Å². The van der Waals surface area contributed by atoms with Crippen LogP contribution in [0.5, 0.6) is 0 Å². The van der Waals surface area contributed by atoms with Crippen molar-refractivity contribution in [3.63, 3.8) is 0 Å². The van der Waals surface area contributed by atoms with Crippen LogP contribution >= 0.6 is 0 Å². The number of ether oxygens (including phenoxy) is 1. The van der Waals surface area contributed by atoms with Gasteiger partial charge in [0.2, 0.25) is 5.91 Å². The number of oxazole rings is 1. The molecule has 2 rings (SSSR count). The summed E-state index contributed by atoms with van der Waals surface area (Å²) in [5.74, 6) is 0.357. The number of aromatic nitrogens is 1. The summed E-state index contributed by atoms with van der Waals surface area (Å²) in [7, 11) is 1.55. The molecule has 1 fully saturated rings. The average Bonchev–Trinajstić information content (AvgIpc) is 2.85. The molecule has 0 aromatic carbocycles. The van der Waals surface area contributed by atoms with E-state index in [0.29, 0.717) is 18.8 Å². The van der Waals surface area contributed by atoms with Crippen LogP contribution in [0.15, 0.2) is 10.6 Å². The summed E-state index contributed by atoms with van der Waals surface area (Å²) in [6.45, 7) is 6.89. The Balaban J connectivity index is 1.84. The summed E-state index contributed by atoms with van der Waals surface area (Å²) in [4.78, 5) is 28.8. The lowest BCUT2D eigenvalue weighted by Gasteiger charge is -2.37. The molecule has 1 aromatic heterocycles. The highest BCUT2D eigenvalue weighted by molar-refractivity contribution is 5.90. The van der Waals surface area contributed by atoms with Gasteiger partial charge in [-0.3, -0.25) is 9.59 Å². The summed E-state index contributed by atoms with van der Waals surface area (Å²) < 4.78 is 10.9. The molecule has 0 bridgehead atoms. The Hall–Kier alpha value is -1.89. The van der Waals surface area contributed by atoms with Crippen LogP contribution in [-0.2, 0) is 14.9 Å². The van der Waals surface area contributed by atoms with Crippen molar-refractivity contribution < 1.29 is 18.7 Å². The number of amides is 2. The number of carbonyl (C=O) groups is 2. The quantitative estimate of drug-likeness (QED) is 0.877. The monoisotopic (exact) mass is 295 g/mol. The highest BCUT2D eigenvalue weighted by Crippen LogP contribution is 2.24. The van der Waals surface area contributed by atoms with Crippen LogP contribution in [0.2, 0.25) is 0 Å². The molecular weight excluding hydrogens is 274 g/mol. The molecule has 0 spiro atoms. The molecular formula is C14H21N3O4. The van der Waals surface area contributed by atoms with E-state index >= 15 is 0 Å². The van der Waals surface area contributed by atoms with Gasteiger partial charge in [0.25, 0.3) is 5.89 Å². The normalized spacial score (nSPS) is 15.7. The zero-order valence-corrected chi connectivity index (χ0v) is 12.8. The molecule has 1 aliphatic heterocycles. The molecule has 1 aliphatic rings. The van der Waals surface area contributed by atoms with Gasteiger partial charge in [0, 0.05) is 25.6 Å². The van der Waals surface area contributed by atoms with Gasteiger partial charge in [-0.05, 0) is 0 Å². The SMILES string of the molecule is CNC(=O)COC1CN(C(=O)c2ncc(C(C)(C)C)o2)C1. The second-order valence-corrected chi connectivity index (χ2v) is 6.10. The van der Waals surface area contributed by atoms with E-state index in [1.54, 1.807) is 18.1 Å². The van der Waals surface area contributed by atoms with Crippen molar-refractivity contribution in [1.82, 2.24) is 15.2 Å². The van der Waals surface area contributed by atoms with Crippen LogP contribution in [0.4, 0.5) is 0 Å². The number of rotatable bonds is 4. The Labute approximate surface area is 123 Å². The van der Waals surface area contributed by atoms with E-state index in [9.17, 15) is 9.59 Å². The van der Waals surface area contributed by atoms with Crippen LogP contribution in [0.25, 0.3) is 0 Å². The van der Waals surface area contributed by atoms with Crippen molar-refractivity contribution in [3.05, 3.63) is 17.8 Å². The Bertz CT molecular complexity index is 527. The van der Waals surface area contributed by atoms with Crippen molar-refractivity contribution in [1.29, 1.82) is 0 Å². The van der Waals surface area contributed by atoms with Gasteiger partial charge in [-0.1, -0.05) is 20.8 Å². The first-order valence-electron chi connectivity index (χ1n) is 6.89. The third kappa shape index (κ3) is 3.60. The second-order valence-electron chi connectivity index (χ2n) is 6.10. The van der Waals surface area contributed by atoms with E-state index in [4.69, 9.17) is 9.15 Å². The van der Waals surface area contributed by atoms with Crippen LogP contribution in [-0.4, -0.2) is 54.5 Å². The number of nitrogens with zero attached hydrogens (tertiary/aromatic N) is 2. The molecule has 1 N–H and O–H groups in total. The molecule has 1 aromatic rings. The van der Waals surface area contributed by atoms with Crippen molar-refractivity contribution in [3.8, 4) is 0 Å². The third-order valence-corrected chi connectivity index (χ3v) is 3.29. The summed E-state index contributed by atoms with van der Waals surface area (Å²) in [6, 6.07) is 0. The Morgan fingerprint density at radius 3 is 2.67 bits per heavy atom. The lowest BCUT2D eigenvalue weighted by molar-refractivity contribution is -0.130. The summed E-state index contributed by atoms with van der Waals surface area (Å²) in [5, 5.41) is 2.48. The molecule has 2 heterocycles. The number of nitrogens with one attached hydrogen (secondary N) is 1. The Morgan fingerprint density at radius 1 is 1.48 bits per heavy atom. The molecule has 1 saturated heterocycles. The molecule has 116 valence electrons. The van der Waals surface area contributed by atoms with E-state index in [-0.39, 0.29) is 35.8 Å². The van der Waals surface area contributed by atoms with Gasteiger partial charge in [0.1, 0.15) is 12.4 Å². The maximum Gasteiger partial charge on any atom is 0.309 e. The van der Waals surface area contributed by atoms with Gasteiger partial charge in [-0.15, -0.1) is 0 Å². The highest BCUT2D eigenvalue weighted by atomic mass is 16.5. The number of hydrogen-bond acceptors (Lipinski definition) is 5. The van der Waals surface area contributed by atoms with Crippen molar-refractivity contribution >= 4 is 11.8 Å². The zero-order valence-electron chi connectivity index (χ0n) is 12.8. The minimum Gasteiger partial charge on any atom is -0.437 e.